The quantitative estimate of drug-likeness (QED) is 0.0626. The van der Waals surface area contributed by atoms with Crippen LogP contribution in [0, 0.1) is 0 Å². The Kier molecular flexibility index (Phi) is 13.1. The van der Waals surface area contributed by atoms with E-state index in [0.29, 0.717) is 23.0 Å². The average Bonchev–Trinajstić information content (AvgIpc) is 3.12. The number of rotatable bonds is 18. The van der Waals surface area contributed by atoms with Gasteiger partial charge >= 0.3 is 5.97 Å². The maximum absolute atomic E-state index is 11.2. The molecule has 3 atom stereocenters. The fourth-order valence-corrected chi connectivity index (χ4v) is 5.24. The average molecular weight is 685 g/mol. The normalized spacial score (nSPS) is 13.4. The molecule has 0 aromatic heterocycles. The summed E-state index contributed by atoms with van der Waals surface area (Å²) >= 11 is 0. The van der Waals surface area contributed by atoms with E-state index >= 15 is 0 Å². The van der Waals surface area contributed by atoms with Crippen LogP contribution in [0.15, 0.2) is 110 Å². The molecule has 4 aromatic carbocycles. The predicted octanol–water partition coefficient (Wildman–Crippen LogP) is 6.34. The SMILES string of the molecule is C=CC(=O)OCC(O)COc1ccc(C(C)(C)c2ccc(OC(O)COc3ccc(C(C)(C)c4ccc(OCC(C)O)cc4)cc3)cc2)cc1. The summed E-state index contributed by atoms with van der Waals surface area (Å²) in [6, 6.07) is 30.8. The zero-order valence-corrected chi connectivity index (χ0v) is 29.4. The maximum atomic E-state index is 11.2. The van der Waals surface area contributed by atoms with Crippen molar-refractivity contribution in [2.24, 2.45) is 0 Å². The summed E-state index contributed by atoms with van der Waals surface area (Å²) in [5.41, 5.74) is 3.72. The van der Waals surface area contributed by atoms with Gasteiger partial charge in [0.25, 0.3) is 0 Å². The van der Waals surface area contributed by atoms with Crippen LogP contribution >= 0.6 is 0 Å². The zero-order valence-electron chi connectivity index (χ0n) is 29.4. The van der Waals surface area contributed by atoms with Crippen LogP contribution in [-0.2, 0) is 20.4 Å². The van der Waals surface area contributed by atoms with E-state index in [0.717, 1.165) is 28.3 Å². The minimum Gasteiger partial charge on any atom is -0.491 e. The molecule has 0 amide bonds. The number of carbonyl (C=O) groups is 1. The van der Waals surface area contributed by atoms with Gasteiger partial charge in [0.1, 0.15) is 48.9 Å². The first kappa shape index (κ1) is 38.0. The Hall–Kier alpha value is -4.83. The lowest BCUT2D eigenvalue weighted by molar-refractivity contribution is -0.141. The molecular weight excluding hydrogens is 636 g/mol. The highest BCUT2D eigenvalue weighted by atomic mass is 16.6. The van der Waals surface area contributed by atoms with E-state index in [2.05, 4.69) is 34.3 Å². The Morgan fingerprint density at radius 3 is 1.34 bits per heavy atom. The van der Waals surface area contributed by atoms with Crippen molar-refractivity contribution in [3.05, 3.63) is 132 Å². The Morgan fingerprint density at radius 1 is 0.600 bits per heavy atom. The molecule has 0 spiro atoms. The van der Waals surface area contributed by atoms with Gasteiger partial charge < -0.3 is 39.0 Å². The number of hydrogen-bond donors (Lipinski definition) is 3. The van der Waals surface area contributed by atoms with Gasteiger partial charge in [0.05, 0.1) is 6.10 Å². The highest BCUT2D eigenvalue weighted by Crippen LogP contribution is 2.35. The zero-order chi connectivity index (χ0) is 36.3. The van der Waals surface area contributed by atoms with Crippen LogP contribution < -0.4 is 18.9 Å². The Labute approximate surface area is 294 Å². The molecule has 9 heteroatoms. The first-order valence-corrected chi connectivity index (χ1v) is 16.6. The van der Waals surface area contributed by atoms with Gasteiger partial charge in [-0.3, -0.25) is 0 Å². The highest BCUT2D eigenvalue weighted by molar-refractivity contribution is 5.81. The van der Waals surface area contributed by atoms with E-state index in [4.69, 9.17) is 23.7 Å². The molecule has 0 saturated heterocycles. The summed E-state index contributed by atoms with van der Waals surface area (Å²) in [7, 11) is 0. The van der Waals surface area contributed by atoms with Crippen LogP contribution in [0.5, 0.6) is 23.0 Å². The van der Waals surface area contributed by atoms with Gasteiger partial charge in [-0.05, 0) is 77.7 Å². The molecule has 4 aromatic rings. The second kappa shape index (κ2) is 17.2. The molecule has 9 nitrogen and oxygen atoms in total. The van der Waals surface area contributed by atoms with Crippen molar-refractivity contribution in [3.8, 4) is 23.0 Å². The summed E-state index contributed by atoms with van der Waals surface area (Å²) in [4.78, 5) is 11.2. The summed E-state index contributed by atoms with van der Waals surface area (Å²) in [5, 5.41) is 29.9. The van der Waals surface area contributed by atoms with Gasteiger partial charge in [-0.2, -0.15) is 0 Å². The standard InChI is InChI=1S/C41H48O9/c1-7-38(44)49-26-33(43)25-47-35-18-10-30(11-19-35)41(5,6)32-14-22-37(23-15-32)50-39(45)27-48-36-20-12-31(13-21-36)40(3,4)29-8-16-34(17-9-29)46-24-28(2)42/h7-23,28,33,39,42-43,45H,1,24-27H2,2-6H3. The van der Waals surface area contributed by atoms with Crippen molar-refractivity contribution in [1.82, 2.24) is 0 Å². The van der Waals surface area contributed by atoms with Gasteiger partial charge in [0.15, 0.2) is 6.61 Å². The molecule has 266 valence electrons. The molecule has 3 unspecified atom stereocenters. The number of ether oxygens (including phenoxy) is 5. The first-order valence-electron chi connectivity index (χ1n) is 16.6. The molecule has 0 bridgehead atoms. The van der Waals surface area contributed by atoms with E-state index in [1.165, 1.54) is 0 Å². The predicted molar refractivity (Wildman–Crippen MR) is 192 cm³/mol. The van der Waals surface area contributed by atoms with Gasteiger partial charge in [0.2, 0.25) is 6.29 Å². The minimum absolute atomic E-state index is 0.0178. The number of hydrogen-bond acceptors (Lipinski definition) is 9. The third-order valence-corrected chi connectivity index (χ3v) is 8.49. The highest BCUT2D eigenvalue weighted by Gasteiger charge is 2.25. The van der Waals surface area contributed by atoms with Gasteiger partial charge in [0, 0.05) is 16.9 Å². The van der Waals surface area contributed by atoms with Gasteiger partial charge in [-0.25, -0.2) is 4.79 Å². The van der Waals surface area contributed by atoms with Crippen molar-refractivity contribution >= 4 is 5.97 Å². The van der Waals surface area contributed by atoms with Crippen molar-refractivity contribution in [3.63, 3.8) is 0 Å². The largest absolute Gasteiger partial charge is 0.491 e. The van der Waals surface area contributed by atoms with Crippen LogP contribution in [-0.4, -0.2) is 66.2 Å². The number of benzene rings is 4. The van der Waals surface area contributed by atoms with E-state index < -0.39 is 24.5 Å². The molecule has 3 N–H and O–H groups in total. The topological polar surface area (TPSA) is 124 Å². The van der Waals surface area contributed by atoms with Gasteiger partial charge in [-0.15, -0.1) is 0 Å². The summed E-state index contributed by atoms with van der Waals surface area (Å²) < 4.78 is 27.6. The molecule has 0 radical (unpaired) electrons. The molecule has 50 heavy (non-hydrogen) atoms. The maximum Gasteiger partial charge on any atom is 0.330 e. The number of esters is 1. The second-order valence-electron chi connectivity index (χ2n) is 13.2. The molecule has 0 aliphatic heterocycles. The van der Waals surface area contributed by atoms with Crippen LogP contribution in [0.2, 0.25) is 0 Å². The van der Waals surface area contributed by atoms with Crippen LogP contribution in [0.1, 0.15) is 56.9 Å². The number of aliphatic hydroxyl groups excluding tert-OH is 3. The third-order valence-electron chi connectivity index (χ3n) is 8.49. The smallest absolute Gasteiger partial charge is 0.330 e. The molecule has 0 aliphatic rings. The molecule has 0 saturated carbocycles. The Balaban J connectivity index is 1.26. The van der Waals surface area contributed by atoms with E-state index in [1.54, 1.807) is 6.92 Å². The first-order chi connectivity index (χ1) is 23.8. The molecule has 0 aliphatic carbocycles. The fraction of sp³-hybridized carbons (Fsp3) is 0.341. The lowest BCUT2D eigenvalue weighted by Crippen LogP contribution is -2.25. The van der Waals surface area contributed by atoms with Crippen molar-refractivity contribution in [2.45, 2.75) is 63.9 Å². The van der Waals surface area contributed by atoms with Crippen LogP contribution in [0.25, 0.3) is 0 Å². The minimum atomic E-state index is -1.17. The number of aliphatic hydroxyl groups is 3. The second-order valence-corrected chi connectivity index (χ2v) is 13.2. The third kappa shape index (κ3) is 10.6. The van der Waals surface area contributed by atoms with Crippen molar-refractivity contribution < 1.29 is 43.8 Å². The van der Waals surface area contributed by atoms with Crippen molar-refractivity contribution in [2.75, 3.05) is 26.4 Å². The molecule has 0 fully saturated rings. The lowest BCUT2D eigenvalue weighted by atomic mass is 9.78. The number of carbonyl (C=O) groups excluding carboxylic acids is 1. The lowest BCUT2D eigenvalue weighted by Gasteiger charge is -2.27. The monoisotopic (exact) mass is 684 g/mol. The molecular formula is C41H48O9. The Bertz CT molecular complexity index is 1640. The molecule has 0 heterocycles. The summed E-state index contributed by atoms with van der Waals surface area (Å²) in [6.45, 7) is 13.5. The van der Waals surface area contributed by atoms with Crippen LogP contribution in [0.3, 0.4) is 0 Å². The van der Waals surface area contributed by atoms with Gasteiger partial charge in [-0.1, -0.05) is 82.8 Å². The summed E-state index contributed by atoms with van der Waals surface area (Å²) in [5.74, 6) is 1.83. The Morgan fingerprint density at radius 2 is 0.960 bits per heavy atom. The van der Waals surface area contributed by atoms with Crippen molar-refractivity contribution in [1.29, 1.82) is 0 Å². The fourth-order valence-electron chi connectivity index (χ4n) is 5.24. The van der Waals surface area contributed by atoms with E-state index in [9.17, 15) is 20.1 Å². The summed E-state index contributed by atoms with van der Waals surface area (Å²) in [6.07, 6.45) is -1.60. The van der Waals surface area contributed by atoms with E-state index in [1.807, 2.05) is 97.1 Å². The van der Waals surface area contributed by atoms with E-state index in [-0.39, 0.29) is 37.3 Å². The molecule has 4 rings (SSSR count). The van der Waals surface area contributed by atoms with Crippen LogP contribution in [0.4, 0.5) is 0 Å².